The van der Waals surface area contributed by atoms with Crippen molar-refractivity contribution in [3.8, 4) is 0 Å². The average Bonchev–Trinajstić information content (AvgIpc) is 2.54. The van der Waals surface area contributed by atoms with Crippen molar-refractivity contribution in [3.63, 3.8) is 0 Å². The molecule has 0 atom stereocenters. The van der Waals surface area contributed by atoms with Crippen LogP contribution in [0, 0.1) is 19.3 Å². The fourth-order valence-corrected chi connectivity index (χ4v) is 1.92. The van der Waals surface area contributed by atoms with Crippen LogP contribution in [0.2, 0.25) is 0 Å². The molecule has 2 rings (SSSR count). The van der Waals surface area contributed by atoms with Crippen LogP contribution in [0.5, 0.6) is 0 Å². The van der Waals surface area contributed by atoms with E-state index < -0.39 is 0 Å². The molecule has 0 fully saturated rings. The summed E-state index contributed by atoms with van der Waals surface area (Å²) in [7, 11) is 0. The first-order valence-electron chi connectivity index (χ1n) is 5.93. The third-order valence-corrected chi connectivity index (χ3v) is 3.01. The molecule has 0 amide bonds. The molecule has 3 nitrogen and oxygen atoms in total. The van der Waals surface area contributed by atoms with Crippen LogP contribution in [-0.2, 0) is 6.42 Å². The maximum absolute atomic E-state index is 5.94. The van der Waals surface area contributed by atoms with Crippen LogP contribution < -0.4 is 5.73 Å². The molecule has 0 radical (unpaired) electrons. The molecule has 0 aliphatic carbocycles. The van der Waals surface area contributed by atoms with Crippen molar-refractivity contribution in [2.75, 3.05) is 5.73 Å². The molecular weight excluding hydrogens is 212 g/mol. The van der Waals surface area contributed by atoms with Crippen LogP contribution in [0.4, 0.5) is 5.69 Å². The minimum absolute atomic E-state index is 0.176. The topological polar surface area (TPSA) is 52.0 Å². The number of hydrogen-bond acceptors (Lipinski definition) is 3. The second-order valence-electron chi connectivity index (χ2n) is 5.91. The molecule has 0 saturated carbocycles. The van der Waals surface area contributed by atoms with Crippen molar-refractivity contribution in [1.29, 1.82) is 0 Å². The molecule has 0 spiro atoms. The van der Waals surface area contributed by atoms with Gasteiger partial charge in [-0.25, -0.2) is 4.98 Å². The van der Waals surface area contributed by atoms with Crippen LogP contribution >= 0.6 is 0 Å². The SMILES string of the molecule is Cc1c(N)cc2nc(CC(C)(C)C)oc2c1C. The Hall–Kier alpha value is -1.51. The van der Waals surface area contributed by atoms with Crippen LogP contribution in [0.1, 0.15) is 37.8 Å². The second kappa shape index (κ2) is 3.76. The lowest BCUT2D eigenvalue weighted by atomic mass is 9.92. The number of rotatable bonds is 1. The monoisotopic (exact) mass is 232 g/mol. The highest BCUT2D eigenvalue weighted by molar-refractivity contribution is 5.82. The molecule has 1 heterocycles. The highest BCUT2D eigenvalue weighted by Crippen LogP contribution is 2.29. The summed E-state index contributed by atoms with van der Waals surface area (Å²) in [5, 5.41) is 0. The van der Waals surface area contributed by atoms with E-state index in [1.54, 1.807) is 0 Å². The number of oxazole rings is 1. The Bertz CT molecular complexity index is 562. The zero-order valence-corrected chi connectivity index (χ0v) is 11.2. The van der Waals surface area contributed by atoms with Gasteiger partial charge < -0.3 is 10.2 Å². The summed E-state index contributed by atoms with van der Waals surface area (Å²) in [6.45, 7) is 10.6. The van der Waals surface area contributed by atoms with Gasteiger partial charge in [-0.2, -0.15) is 0 Å². The number of anilines is 1. The van der Waals surface area contributed by atoms with Gasteiger partial charge in [-0.3, -0.25) is 0 Å². The predicted octanol–water partition coefficient (Wildman–Crippen LogP) is 3.62. The maximum atomic E-state index is 5.94. The Morgan fingerprint density at radius 3 is 2.47 bits per heavy atom. The lowest BCUT2D eigenvalue weighted by molar-refractivity contribution is 0.361. The zero-order valence-electron chi connectivity index (χ0n) is 11.2. The first-order chi connectivity index (χ1) is 7.78. The summed E-state index contributed by atoms with van der Waals surface area (Å²) in [5.74, 6) is 0.792. The second-order valence-corrected chi connectivity index (χ2v) is 5.91. The number of hydrogen-bond donors (Lipinski definition) is 1. The molecule has 1 aromatic carbocycles. The third-order valence-electron chi connectivity index (χ3n) is 3.01. The molecule has 3 heteroatoms. The molecule has 0 saturated heterocycles. The first kappa shape index (κ1) is 12.0. The van der Waals surface area contributed by atoms with E-state index in [4.69, 9.17) is 10.2 Å². The summed E-state index contributed by atoms with van der Waals surface area (Å²) >= 11 is 0. The quantitative estimate of drug-likeness (QED) is 0.764. The summed E-state index contributed by atoms with van der Waals surface area (Å²) in [5.41, 5.74) is 10.8. The number of aryl methyl sites for hydroxylation is 1. The summed E-state index contributed by atoms with van der Waals surface area (Å²) < 4.78 is 5.84. The fraction of sp³-hybridized carbons (Fsp3) is 0.500. The van der Waals surface area contributed by atoms with Crippen molar-refractivity contribution < 1.29 is 4.42 Å². The Morgan fingerprint density at radius 1 is 1.24 bits per heavy atom. The number of fused-ring (bicyclic) bond motifs is 1. The lowest BCUT2D eigenvalue weighted by Crippen LogP contribution is -2.09. The smallest absolute Gasteiger partial charge is 0.196 e. The predicted molar refractivity (Wildman–Crippen MR) is 71.1 cm³/mol. The Labute approximate surface area is 102 Å². The molecule has 92 valence electrons. The van der Waals surface area contributed by atoms with Gasteiger partial charge in [0.1, 0.15) is 5.52 Å². The Balaban J connectivity index is 2.55. The third kappa shape index (κ3) is 2.28. The molecule has 2 aromatic rings. The van der Waals surface area contributed by atoms with E-state index in [-0.39, 0.29) is 5.41 Å². The Morgan fingerprint density at radius 2 is 1.88 bits per heavy atom. The Kier molecular flexibility index (Phi) is 2.64. The van der Waals surface area contributed by atoms with Crippen LogP contribution in [0.3, 0.4) is 0 Å². The van der Waals surface area contributed by atoms with Crippen molar-refractivity contribution in [3.05, 3.63) is 23.1 Å². The molecule has 17 heavy (non-hydrogen) atoms. The molecular formula is C14H20N2O. The van der Waals surface area contributed by atoms with Crippen molar-refractivity contribution >= 4 is 16.8 Å². The van der Waals surface area contributed by atoms with Gasteiger partial charge in [-0.15, -0.1) is 0 Å². The van der Waals surface area contributed by atoms with E-state index in [1.165, 1.54) is 0 Å². The molecule has 0 bridgehead atoms. The van der Waals surface area contributed by atoms with Gasteiger partial charge in [0, 0.05) is 12.1 Å². The van der Waals surface area contributed by atoms with Gasteiger partial charge >= 0.3 is 0 Å². The molecule has 1 aromatic heterocycles. The number of nitrogen functional groups attached to an aromatic ring is 1. The van der Waals surface area contributed by atoms with Gasteiger partial charge in [-0.05, 0) is 36.5 Å². The van der Waals surface area contributed by atoms with Gasteiger partial charge in [0.05, 0.1) is 0 Å². The van der Waals surface area contributed by atoms with E-state index in [0.29, 0.717) is 0 Å². The van der Waals surface area contributed by atoms with E-state index in [0.717, 1.165) is 40.2 Å². The highest BCUT2D eigenvalue weighted by Gasteiger charge is 2.17. The molecule has 2 N–H and O–H groups in total. The van der Waals surface area contributed by atoms with Crippen LogP contribution in [0.25, 0.3) is 11.1 Å². The summed E-state index contributed by atoms with van der Waals surface area (Å²) in [6.07, 6.45) is 0.833. The highest BCUT2D eigenvalue weighted by atomic mass is 16.3. The normalized spacial score (nSPS) is 12.3. The van der Waals surface area contributed by atoms with E-state index in [9.17, 15) is 0 Å². The number of nitrogens with two attached hydrogens (primary N) is 1. The average molecular weight is 232 g/mol. The van der Waals surface area contributed by atoms with E-state index >= 15 is 0 Å². The van der Waals surface area contributed by atoms with Crippen molar-refractivity contribution in [2.45, 2.75) is 41.0 Å². The molecule has 0 aliphatic heterocycles. The summed E-state index contributed by atoms with van der Waals surface area (Å²) in [4.78, 5) is 4.51. The van der Waals surface area contributed by atoms with Gasteiger partial charge in [0.15, 0.2) is 11.5 Å². The zero-order chi connectivity index (χ0) is 12.8. The first-order valence-corrected chi connectivity index (χ1v) is 5.93. The standard InChI is InChI=1S/C14H20N2O/c1-8-9(2)13-11(6-10(8)15)16-12(17-13)7-14(3,4)5/h6H,7,15H2,1-5H3. The molecule has 0 unspecified atom stereocenters. The van der Waals surface area contributed by atoms with Gasteiger partial charge in [0.25, 0.3) is 0 Å². The molecule has 0 aliphatic rings. The fourth-order valence-electron chi connectivity index (χ4n) is 1.92. The lowest BCUT2D eigenvalue weighted by Gasteiger charge is -2.14. The van der Waals surface area contributed by atoms with E-state index in [2.05, 4.69) is 25.8 Å². The van der Waals surface area contributed by atoms with Crippen LogP contribution in [-0.4, -0.2) is 4.98 Å². The van der Waals surface area contributed by atoms with Crippen LogP contribution in [0.15, 0.2) is 10.5 Å². The maximum Gasteiger partial charge on any atom is 0.196 e. The van der Waals surface area contributed by atoms with Crippen molar-refractivity contribution in [1.82, 2.24) is 4.98 Å². The summed E-state index contributed by atoms with van der Waals surface area (Å²) in [6, 6.07) is 1.90. The van der Waals surface area contributed by atoms with Crippen molar-refractivity contribution in [2.24, 2.45) is 5.41 Å². The van der Waals surface area contributed by atoms with Gasteiger partial charge in [0.2, 0.25) is 0 Å². The minimum Gasteiger partial charge on any atom is -0.440 e. The number of nitrogens with zero attached hydrogens (tertiary/aromatic N) is 1. The van der Waals surface area contributed by atoms with E-state index in [1.807, 2.05) is 19.9 Å². The largest absolute Gasteiger partial charge is 0.440 e. The number of aromatic nitrogens is 1. The minimum atomic E-state index is 0.176. The van der Waals surface area contributed by atoms with Gasteiger partial charge in [-0.1, -0.05) is 20.8 Å². The number of benzene rings is 1.